The summed E-state index contributed by atoms with van der Waals surface area (Å²) in [5.41, 5.74) is 3.65. The van der Waals surface area contributed by atoms with Gasteiger partial charge in [0.25, 0.3) is 0 Å². The highest BCUT2D eigenvalue weighted by Crippen LogP contribution is 2.26. The average Bonchev–Trinajstić information content (AvgIpc) is 2.37. The van der Waals surface area contributed by atoms with Crippen LogP contribution >= 0.6 is 11.6 Å². The minimum atomic E-state index is -1.08. The van der Waals surface area contributed by atoms with Gasteiger partial charge in [-0.25, -0.2) is 15.0 Å². The van der Waals surface area contributed by atoms with Gasteiger partial charge >= 0.3 is 12.0 Å². The van der Waals surface area contributed by atoms with Crippen LogP contribution in [0.3, 0.4) is 0 Å². The van der Waals surface area contributed by atoms with Crippen LogP contribution in [0.15, 0.2) is 23.3 Å². The van der Waals surface area contributed by atoms with Crippen LogP contribution < -0.4 is 15.5 Å². The Balaban J connectivity index is 2.20. The van der Waals surface area contributed by atoms with E-state index in [0.717, 1.165) is 0 Å². The van der Waals surface area contributed by atoms with Crippen LogP contribution in [-0.4, -0.2) is 35.5 Å². The second-order valence-corrected chi connectivity index (χ2v) is 4.54. The van der Waals surface area contributed by atoms with Gasteiger partial charge in [-0.15, -0.1) is 0 Å². The number of carboxylic acids is 1. The molecule has 0 bridgehead atoms. The number of carboxylic acid groups (broad SMARTS) is 1. The maximum absolute atomic E-state index is 11.1. The number of ether oxygens (including phenoxy) is 1. The van der Waals surface area contributed by atoms with Crippen molar-refractivity contribution in [3.8, 4) is 5.75 Å². The van der Waals surface area contributed by atoms with E-state index in [1.165, 1.54) is 0 Å². The minimum absolute atomic E-state index is 0.259. The molecule has 2 rings (SSSR count). The number of nitrogens with zero attached hydrogens (tertiary/aromatic N) is 1. The molecule has 0 fully saturated rings. The van der Waals surface area contributed by atoms with Crippen molar-refractivity contribution >= 4 is 29.3 Å². The third-order valence-electron chi connectivity index (χ3n) is 2.61. The van der Waals surface area contributed by atoms with E-state index in [1.807, 2.05) is 0 Å². The molecule has 1 aliphatic heterocycles. The van der Waals surface area contributed by atoms with E-state index in [0.29, 0.717) is 11.3 Å². The molecule has 0 saturated carbocycles. The van der Waals surface area contributed by atoms with Crippen molar-refractivity contribution < 1.29 is 19.4 Å². The smallest absolute Gasteiger partial charge is 0.341 e. The third kappa shape index (κ3) is 3.18. The van der Waals surface area contributed by atoms with E-state index in [-0.39, 0.29) is 22.8 Å². The normalized spacial score (nSPS) is 17.8. The highest BCUT2D eigenvalue weighted by molar-refractivity contribution is 6.32. The zero-order chi connectivity index (χ0) is 14.7. The number of hydrazone groups is 1. The number of halogens is 1. The van der Waals surface area contributed by atoms with E-state index in [1.54, 1.807) is 25.1 Å². The first-order valence-corrected chi connectivity index (χ1v) is 6.14. The summed E-state index contributed by atoms with van der Waals surface area (Å²) in [5.74, 6) is -0.804. The van der Waals surface area contributed by atoms with E-state index < -0.39 is 12.6 Å². The van der Waals surface area contributed by atoms with Gasteiger partial charge in [-0.3, -0.25) is 0 Å². The molecule has 1 aromatic carbocycles. The fraction of sp³-hybridized carbons (Fsp3) is 0.250. The minimum Gasteiger partial charge on any atom is -0.480 e. The van der Waals surface area contributed by atoms with Gasteiger partial charge in [0.2, 0.25) is 0 Å². The number of carbonyl (C=O) groups is 2. The Morgan fingerprint density at radius 3 is 2.90 bits per heavy atom. The highest BCUT2D eigenvalue weighted by Gasteiger charge is 2.21. The summed E-state index contributed by atoms with van der Waals surface area (Å²) in [6.07, 6.45) is 0. The maximum Gasteiger partial charge on any atom is 0.341 e. The summed E-state index contributed by atoms with van der Waals surface area (Å²) in [7, 11) is 0. The lowest BCUT2D eigenvalue weighted by Gasteiger charge is -2.21. The van der Waals surface area contributed by atoms with Gasteiger partial charge < -0.3 is 15.2 Å². The average molecular weight is 298 g/mol. The van der Waals surface area contributed by atoms with Gasteiger partial charge in [0.05, 0.1) is 16.8 Å². The van der Waals surface area contributed by atoms with E-state index in [9.17, 15) is 9.59 Å². The molecule has 0 aliphatic carbocycles. The number of rotatable bonds is 4. The molecule has 1 atom stereocenters. The van der Waals surface area contributed by atoms with Gasteiger partial charge in [0, 0.05) is 5.56 Å². The Bertz CT molecular complexity index is 588. The van der Waals surface area contributed by atoms with Gasteiger partial charge in [-0.2, -0.15) is 5.10 Å². The Hall–Kier alpha value is -2.28. The zero-order valence-corrected chi connectivity index (χ0v) is 11.3. The number of carbonyl (C=O) groups excluding carboxylic acids is 1. The first kappa shape index (κ1) is 14.1. The first-order chi connectivity index (χ1) is 9.47. The lowest BCUT2D eigenvalue weighted by Crippen LogP contribution is -2.48. The van der Waals surface area contributed by atoms with Gasteiger partial charge in [0.1, 0.15) is 5.75 Å². The van der Waals surface area contributed by atoms with E-state index in [4.69, 9.17) is 21.4 Å². The van der Waals surface area contributed by atoms with Crippen LogP contribution in [0.2, 0.25) is 5.02 Å². The molecule has 0 spiro atoms. The van der Waals surface area contributed by atoms with Crippen LogP contribution in [0.4, 0.5) is 4.79 Å². The number of aliphatic carboxylic acids is 1. The monoisotopic (exact) mass is 297 g/mol. The summed E-state index contributed by atoms with van der Waals surface area (Å²) in [6.45, 7) is 1.33. The predicted octanol–water partition coefficient (Wildman–Crippen LogP) is 1.21. The van der Waals surface area contributed by atoms with Gasteiger partial charge in [-0.1, -0.05) is 11.6 Å². The van der Waals surface area contributed by atoms with Crippen molar-refractivity contribution in [2.75, 3.05) is 6.61 Å². The quantitative estimate of drug-likeness (QED) is 0.777. The molecular formula is C12H12ClN3O4. The number of nitrogens with one attached hydrogen (secondary N) is 2. The standard InChI is InChI=1S/C12H12ClN3O4/c1-6-11(15-16-12(19)14-6)7-2-3-9(8(13)4-7)20-5-10(17)18/h2-4,6H,5H2,1H3,(H,17,18)(H2,14,16,19). The summed E-state index contributed by atoms with van der Waals surface area (Å²) < 4.78 is 5.03. The summed E-state index contributed by atoms with van der Waals surface area (Å²) >= 11 is 6.03. The molecule has 0 saturated heterocycles. The Morgan fingerprint density at radius 1 is 1.55 bits per heavy atom. The number of hydrogen-bond donors (Lipinski definition) is 3. The lowest BCUT2D eigenvalue weighted by molar-refractivity contribution is -0.139. The highest BCUT2D eigenvalue weighted by atomic mass is 35.5. The molecule has 0 radical (unpaired) electrons. The molecule has 106 valence electrons. The first-order valence-electron chi connectivity index (χ1n) is 5.76. The fourth-order valence-electron chi connectivity index (χ4n) is 1.74. The summed E-state index contributed by atoms with van der Waals surface area (Å²) in [5, 5.41) is 15.5. The number of benzene rings is 1. The molecule has 1 aromatic rings. The van der Waals surface area contributed by atoms with Crippen molar-refractivity contribution in [2.45, 2.75) is 13.0 Å². The fourth-order valence-corrected chi connectivity index (χ4v) is 1.97. The number of urea groups is 1. The van der Waals surface area contributed by atoms with E-state index >= 15 is 0 Å². The topological polar surface area (TPSA) is 100 Å². The zero-order valence-electron chi connectivity index (χ0n) is 10.5. The van der Waals surface area contributed by atoms with Crippen LogP contribution in [0, 0.1) is 0 Å². The Morgan fingerprint density at radius 2 is 2.30 bits per heavy atom. The SMILES string of the molecule is CC1NC(=O)NN=C1c1ccc(OCC(=O)O)c(Cl)c1. The molecule has 7 nitrogen and oxygen atoms in total. The molecule has 2 amide bonds. The van der Waals surface area contributed by atoms with E-state index in [2.05, 4.69) is 15.8 Å². The van der Waals surface area contributed by atoms with Crippen molar-refractivity contribution in [2.24, 2.45) is 5.10 Å². The van der Waals surface area contributed by atoms with Crippen LogP contribution in [0.1, 0.15) is 12.5 Å². The maximum atomic E-state index is 11.1. The molecular weight excluding hydrogens is 286 g/mol. The second-order valence-electron chi connectivity index (χ2n) is 4.13. The lowest BCUT2D eigenvalue weighted by atomic mass is 10.0. The molecule has 0 aromatic heterocycles. The molecule has 1 unspecified atom stereocenters. The Kier molecular flexibility index (Phi) is 4.09. The summed E-state index contributed by atoms with van der Waals surface area (Å²) in [6, 6.07) is 4.23. The van der Waals surface area contributed by atoms with Gasteiger partial charge in [-0.05, 0) is 25.1 Å². The van der Waals surface area contributed by atoms with Crippen molar-refractivity contribution in [3.63, 3.8) is 0 Å². The predicted molar refractivity (Wildman–Crippen MR) is 72.2 cm³/mol. The third-order valence-corrected chi connectivity index (χ3v) is 2.91. The van der Waals surface area contributed by atoms with Gasteiger partial charge in [0.15, 0.2) is 6.61 Å². The molecule has 3 N–H and O–H groups in total. The molecule has 1 aliphatic rings. The van der Waals surface area contributed by atoms with Crippen LogP contribution in [0.25, 0.3) is 0 Å². The van der Waals surface area contributed by atoms with Crippen molar-refractivity contribution in [3.05, 3.63) is 28.8 Å². The summed E-state index contributed by atoms with van der Waals surface area (Å²) in [4.78, 5) is 21.5. The largest absolute Gasteiger partial charge is 0.480 e. The molecule has 1 heterocycles. The number of hydrogen-bond acceptors (Lipinski definition) is 4. The van der Waals surface area contributed by atoms with Crippen LogP contribution in [0.5, 0.6) is 5.75 Å². The molecule has 20 heavy (non-hydrogen) atoms. The second kappa shape index (κ2) is 5.79. The van der Waals surface area contributed by atoms with Crippen LogP contribution in [-0.2, 0) is 4.79 Å². The molecule has 8 heteroatoms. The number of amides is 2. The Labute approximate surface area is 119 Å². The van der Waals surface area contributed by atoms with Crippen molar-refractivity contribution in [1.29, 1.82) is 0 Å². The van der Waals surface area contributed by atoms with Crippen molar-refractivity contribution in [1.82, 2.24) is 10.7 Å².